The van der Waals surface area contributed by atoms with Crippen LogP contribution in [0.25, 0.3) is 0 Å². The number of rotatable bonds is 22. The van der Waals surface area contributed by atoms with E-state index in [0.717, 1.165) is 29.4 Å². The summed E-state index contributed by atoms with van der Waals surface area (Å²) in [6, 6.07) is 9.94. The Morgan fingerprint density at radius 2 is 1.53 bits per heavy atom. The van der Waals surface area contributed by atoms with Gasteiger partial charge in [-0.1, -0.05) is 125 Å². The number of anilines is 1. The Labute approximate surface area is 310 Å². The van der Waals surface area contributed by atoms with Gasteiger partial charge >= 0.3 is 11.7 Å². The van der Waals surface area contributed by atoms with Gasteiger partial charge in [0.15, 0.2) is 11.8 Å². The lowest BCUT2D eigenvalue weighted by molar-refractivity contribution is -0.134. The van der Waals surface area contributed by atoms with E-state index in [0.29, 0.717) is 25.7 Å². The van der Waals surface area contributed by atoms with Gasteiger partial charge in [0.25, 0.3) is 17.7 Å². The summed E-state index contributed by atoms with van der Waals surface area (Å²) in [4.78, 5) is 55.3. The van der Waals surface area contributed by atoms with Gasteiger partial charge in [-0.05, 0) is 50.3 Å². The van der Waals surface area contributed by atoms with Gasteiger partial charge in [-0.25, -0.2) is 14.2 Å². The molecule has 4 rings (SSSR count). The van der Waals surface area contributed by atoms with E-state index in [2.05, 4.69) is 12.2 Å². The predicted octanol–water partition coefficient (Wildman–Crippen LogP) is 9.13. The smallest absolute Gasteiger partial charge is 0.339 e. The number of nitrogens with one attached hydrogen (secondary N) is 1. The van der Waals surface area contributed by atoms with Crippen LogP contribution < -0.4 is 15.7 Å². The number of nitrogens with zero attached hydrogens (tertiary/aromatic N) is 2. The number of hydrogen-bond donors (Lipinski definition) is 2. The molecular weight excluding hydrogens is 693 g/mol. The van der Waals surface area contributed by atoms with Crippen LogP contribution in [0.1, 0.15) is 126 Å². The highest BCUT2D eigenvalue weighted by Crippen LogP contribution is 2.52. The predicted molar refractivity (Wildman–Crippen MR) is 200 cm³/mol. The molecule has 1 unspecified atom stereocenters. The molecule has 12 heteroatoms. The molecule has 1 aliphatic carbocycles. The minimum Gasteiger partial charge on any atom is -0.491 e. The van der Waals surface area contributed by atoms with Gasteiger partial charge in [0.05, 0.1) is 41.1 Å². The lowest BCUT2D eigenvalue weighted by Crippen LogP contribution is -2.41. The number of esters is 1. The molecule has 2 N–H and O–H groups in total. The Morgan fingerprint density at radius 1 is 0.902 bits per heavy atom. The second kappa shape index (κ2) is 19.2. The number of ketones is 1. The summed E-state index contributed by atoms with van der Waals surface area (Å²) >= 11 is 12.9. The van der Waals surface area contributed by atoms with E-state index in [1.54, 1.807) is 6.92 Å². The highest BCUT2D eigenvalue weighted by Gasteiger charge is 2.53. The third-order valence-corrected chi connectivity index (χ3v) is 10.3. The molecule has 1 fully saturated rings. The van der Waals surface area contributed by atoms with Crippen LogP contribution >= 0.6 is 23.2 Å². The summed E-state index contributed by atoms with van der Waals surface area (Å²) in [5, 5.41) is 14.1. The second-order valence-corrected chi connectivity index (χ2v) is 14.1. The Morgan fingerprint density at radius 3 is 2.12 bits per heavy atom. The first-order valence-electron chi connectivity index (χ1n) is 18.3. The number of amides is 1. The van der Waals surface area contributed by atoms with Gasteiger partial charge < -0.3 is 19.9 Å². The molecule has 0 radical (unpaired) electrons. The van der Waals surface area contributed by atoms with Gasteiger partial charge in [0, 0.05) is 5.41 Å². The fourth-order valence-corrected chi connectivity index (χ4v) is 6.86. The van der Waals surface area contributed by atoms with Crippen molar-refractivity contribution >= 4 is 46.5 Å². The fourth-order valence-electron chi connectivity index (χ4n) is 6.35. The number of aromatic hydroxyl groups is 1. The van der Waals surface area contributed by atoms with Crippen LogP contribution in [0.15, 0.2) is 47.3 Å². The number of aromatic nitrogens is 2. The van der Waals surface area contributed by atoms with Gasteiger partial charge in [-0.15, -0.1) is 0 Å². The maximum absolute atomic E-state index is 14.1. The van der Waals surface area contributed by atoms with Crippen molar-refractivity contribution in [2.75, 3.05) is 18.5 Å². The maximum Gasteiger partial charge on any atom is 0.339 e. The van der Waals surface area contributed by atoms with E-state index in [-0.39, 0.29) is 46.9 Å². The van der Waals surface area contributed by atoms with Crippen molar-refractivity contribution < 1.29 is 29.0 Å². The number of ether oxygens (including phenoxy) is 2. The number of halogens is 2. The quantitative estimate of drug-likeness (QED) is 0.0597. The van der Waals surface area contributed by atoms with Crippen molar-refractivity contribution in [3.63, 3.8) is 0 Å². The molecule has 0 spiro atoms. The average molecular weight is 745 g/mol. The van der Waals surface area contributed by atoms with Gasteiger partial charge in [0.1, 0.15) is 0 Å². The SMILES string of the molecule is CCCCCCCCCCCCOC(=O)c1cc(NC(=O)C(C(=O)C2(CC)CC2)n2c(O)c(OCC)n(Cc3ccccc3)c2=O)c(Cl)cc1Cl. The number of carbonyl (C=O) groups excluding carboxylic acids is 3. The molecule has 2 aromatic carbocycles. The van der Waals surface area contributed by atoms with E-state index in [4.69, 9.17) is 32.7 Å². The standard InChI is InChI=1S/C39H51Cl2N3O7/c1-4-7-8-9-10-11-12-13-14-18-23-51-37(48)28-24-31(30(41)25-29(28)40)42-34(46)32(33(45)39(5-2)21-22-39)44-35(47)36(50-6-3)43(38(44)49)26-27-19-16-15-17-20-27/h15-17,19-20,24-25,32,47H,4-14,18,21-23,26H2,1-3H3,(H,42,46). The van der Waals surface area contributed by atoms with E-state index < -0.39 is 40.7 Å². The summed E-state index contributed by atoms with van der Waals surface area (Å²) in [7, 11) is 0. The minimum atomic E-state index is -1.75. The van der Waals surface area contributed by atoms with Crippen LogP contribution in [0.4, 0.5) is 5.69 Å². The molecule has 0 aliphatic heterocycles. The second-order valence-electron chi connectivity index (χ2n) is 13.3. The highest BCUT2D eigenvalue weighted by molar-refractivity contribution is 6.38. The Balaban J connectivity index is 1.52. The van der Waals surface area contributed by atoms with Gasteiger partial charge in [-0.2, -0.15) is 0 Å². The molecule has 1 heterocycles. The number of unbranched alkanes of at least 4 members (excludes halogenated alkanes) is 9. The Bertz CT molecular complexity index is 1700. The van der Waals surface area contributed by atoms with Gasteiger partial charge in [0.2, 0.25) is 0 Å². The van der Waals surface area contributed by atoms with Crippen molar-refractivity contribution in [2.24, 2.45) is 5.41 Å². The molecule has 0 saturated heterocycles. The maximum atomic E-state index is 14.1. The molecule has 1 aromatic heterocycles. The number of Topliss-reactive ketones (excluding diaryl/α,β-unsaturated/α-hetero) is 1. The Hall–Kier alpha value is -3.76. The molecule has 51 heavy (non-hydrogen) atoms. The Kier molecular flexibility index (Phi) is 15.1. The number of carbonyl (C=O) groups is 3. The fraction of sp³-hybridized carbons (Fsp3) is 0.538. The van der Waals surface area contributed by atoms with Crippen LogP contribution in [-0.2, 0) is 20.9 Å². The lowest BCUT2D eigenvalue weighted by Gasteiger charge is -2.22. The van der Waals surface area contributed by atoms with Crippen LogP contribution in [0, 0.1) is 5.41 Å². The molecule has 1 aliphatic rings. The van der Waals surface area contributed by atoms with Crippen molar-refractivity contribution in [3.8, 4) is 11.8 Å². The van der Waals surface area contributed by atoms with Crippen molar-refractivity contribution in [2.45, 2.75) is 117 Å². The minimum absolute atomic E-state index is 0.00242. The first-order valence-corrected chi connectivity index (χ1v) is 19.1. The van der Waals surface area contributed by atoms with E-state index in [9.17, 15) is 24.3 Å². The van der Waals surface area contributed by atoms with Crippen molar-refractivity contribution in [3.05, 3.63) is 74.1 Å². The van der Waals surface area contributed by atoms with Crippen molar-refractivity contribution in [1.82, 2.24) is 9.13 Å². The molecule has 1 saturated carbocycles. The summed E-state index contributed by atoms with van der Waals surface area (Å²) < 4.78 is 13.2. The summed E-state index contributed by atoms with van der Waals surface area (Å²) in [6.07, 6.45) is 13.0. The number of imidazole rings is 1. The highest BCUT2D eigenvalue weighted by atomic mass is 35.5. The van der Waals surface area contributed by atoms with Crippen LogP contribution in [-0.4, -0.2) is 45.1 Å². The molecule has 3 aromatic rings. The summed E-state index contributed by atoms with van der Waals surface area (Å²) in [5.74, 6) is -2.90. The molecular formula is C39H51Cl2N3O7. The molecule has 1 atom stereocenters. The van der Waals surface area contributed by atoms with E-state index in [1.165, 1.54) is 55.2 Å². The largest absolute Gasteiger partial charge is 0.491 e. The first-order chi connectivity index (χ1) is 24.6. The van der Waals surface area contributed by atoms with Crippen molar-refractivity contribution in [1.29, 1.82) is 0 Å². The van der Waals surface area contributed by atoms with Gasteiger partial charge in [-0.3, -0.25) is 14.2 Å². The number of benzene rings is 2. The lowest BCUT2D eigenvalue weighted by atomic mass is 9.91. The number of hydrogen-bond acceptors (Lipinski definition) is 7. The van der Waals surface area contributed by atoms with E-state index in [1.807, 2.05) is 37.3 Å². The van der Waals surface area contributed by atoms with Crippen LogP contribution in [0.2, 0.25) is 10.0 Å². The topological polar surface area (TPSA) is 129 Å². The molecule has 278 valence electrons. The van der Waals surface area contributed by atoms with Crippen LogP contribution in [0.3, 0.4) is 0 Å². The zero-order chi connectivity index (χ0) is 37.0. The molecule has 10 nitrogen and oxygen atoms in total. The molecule has 1 amide bonds. The third kappa shape index (κ3) is 10.2. The first kappa shape index (κ1) is 40.0. The summed E-state index contributed by atoms with van der Waals surface area (Å²) in [6.45, 7) is 6.12. The normalized spacial score (nSPS) is 13.8. The third-order valence-electron chi connectivity index (χ3n) is 9.64. The summed E-state index contributed by atoms with van der Waals surface area (Å²) in [5.41, 5.74) is -0.880. The zero-order valence-electron chi connectivity index (χ0n) is 30.0. The van der Waals surface area contributed by atoms with Crippen LogP contribution in [0.5, 0.6) is 11.8 Å². The van der Waals surface area contributed by atoms with E-state index >= 15 is 0 Å². The average Bonchev–Trinajstić information content (AvgIpc) is 3.89. The molecule has 0 bridgehead atoms. The monoisotopic (exact) mass is 743 g/mol. The zero-order valence-corrected chi connectivity index (χ0v) is 31.5.